The van der Waals surface area contributed by atoms with Crippen molar-refractivity contribution in [2.24, 2.45) is 0 Å². The molecule has 0 unspecified atom stereocenters. The maximum Gasteiger partial charge on any atom is 0.160 e. The van der Waals surface area contributed by atoms with Gasteiger partial charge in [-0.1, -0.05) is 200 Å². The first-order valence-electron chi connectivity index (χ1n) is 20.2. The van der Waals surface area contributed by atoms with Crippen molar-refractivity contribution in [1.82, 2.24) is 15.0 Å². The van der Waals surface area contributed by atoms with Crippen molar-refractivity contribution < 1.29 is 0 Å². The Morgan fingerprint density at radius 3 is 1.50 bits per heavy atom. The second-order valence-electron chi connectivity index (χ2n) is 15.2. The van der Waals surface area contributed by atoms with Crippen LogP contribution in [0.3, 0.4) is 0 Å². The van der Waals surface area contributed by atoms with Gasteiger partial charge in [-0.2, -0.15) is 0 Å². The van der Waals surface area contributed by atoms with Gasteiger partial charge in [0.15, 0.2) is 5.82 Å². The molecule has 0 spiro atoms. The topological polar surface area (TPSA) is 38.7 Å². The molecule has 282 valence electrons. The maximum absolute atomic E-state index is 5.06. The summed E-state index contributed by atoms with van der Waals surface area (Å²) in [6.45, 7) is 0. The fourth-order valence-electron chi connectivity index (χ4n) is 8.86. The number of nitrogens with zero attached hydrogens (tertiary/aromatic N) is 3. The summed E-state index contributed by atoms with van der Waals surface area (Å²) in [5, 5.41) is 2.34. The molecule has 3 nitrogen and oxygen atoms in total. The Bertz CT molecular complexity index is 3040. The van der Waals surface area contributed by atoms with Gasteiger partial charge in [0.1, 0.15) is 0 Å². The zero-order valence-corrected chi connectivity index (χ0v) is 33.4. The van der Waals surface area contributed by atoms with Gasteiger partial charge in [-0.15, -0.1) is 0 Å². The third-order valence-corrected chi connectivity index (χ3v) is 12.9. The number of pyridine rings is 1. The lowest BCUT2D eigenvalue weighted by molar-refractivity contribution is 0.703. The van der Waals surface area contributed by atoms with E-state index in [0.717, 1.165) is 44.6 Å². The Hall–Kier alpha value is -7.40. The van der Waals surface area contributed by atoms with Gasteiger partial charge in [0, 0.05) is 44.3 Å². The van der Waals surface area contributed by atoms with E-state index in [0.29, 0.717) is 5.82 Å². The van der Waals surface area contributed by atoms with E-state index in [4.69, 9.17) is 9.97 Å². The smallest absolute Gasteiger partial charge is 0.160 e. The van der Waals surface area contributed by atoms with Crippen LogP contribution >= 0.6 is 11.8 Å². The monoisotopic (exact) mass is 783 g/mol. The predicted molar refractivity (Wildman–Crippen MR) is 247 cm³/mol. The normalized spacial score (nSPS) is 12.7. The van der Waals surface area contributed by atoms with E-state index in [1.807, 2.05) is 60.6 Å². The van der Waals surface area contributed by atoms with Gasteiger partial charge < -0.3 is 0 Å². The molecule has 3 heterocycles. The van der Waals surface area contributed by atoms with Gasteiger partial charge >= 0.3 is 0 Å². The van der Waals surface area contributed by atoms with E-state index in [-0.39, 0.29) is 0 Å². The molecule has 1 aliphatic rings. The first-order valence-corrected chi connectivity index (χ1v) is 21.1. The van der Waals surface area contributed by atoms with Gasteiger partial charge in [0.2, 0.25) is 0 Å². The fourth-order valence-corrected chi connectivity index (χ4v) is 10.1. The number of benzene rings is 8. The molecule has 60 heavy (non-hydrogen) atoms. The molecular formula is C56H37N3S. The van der Waals surface area contributed by atoms with Gasteiger partial charge in [-0.05, 0) is 74.2 Å². The van der Waals surface area contributed by atoms with Crippen molar-refractivity contribution in [3.8, 4) is 56.2 Å². The number of fused-ring (bicyclic) bond motifs is 3. The molecule has 0 atom stereocenters. The van der Waals surface area contributed by atoms with E-state index in [1.54, 1.807) is 0 Å². The highest BCUT2D eigenvalue weighted by molar-refractivity contribution is 7.99. The zero-order valence-electron chi connectivity index (χ0n) is 32.6. The van der Waals surface area contributed by atoms with Crippen LogP contribution < -0.4 is 0 Å². The van der Waals surface area contributed by atoms with Gasteiger partial charge in [-0.25, -0.2) is 9.97 Å². The summed E-state index contributed by atoms with van der Waals surface area (Å²) >= 11 is 1.86. The summed E-state index contributed by atoms with van der Waals surface area (Å²) in [6.07, 6.45) is 3.83. The molecule has 0 bridgehead atoms. The number of rotatable bonds is 7. The van der Waals surface area contributed by atoms with Gasteiger partial charge in [0.05, 0.1) is 16.8 Å². The van der Waals surface area contributed by atoms with E-state index in [9.17, 15) is 0 Å². The highest BCUT2D eigenvalue weighted by atomic mass is 32.2. The molecule has 4 heteroatoms. The summed E-state index contributed by atoms with van der Waals surface area (Å²) in [5.41, 5.74) is 14.1. The van der Waals surface area contributed by atoms with Crippen molar-refractivity contribution in [2.45, 2.75) is 15.2 Å². The van der Waals surface area contributed by atoms with Crippen LogP contribution in [-0.4, -0.2) is 15.0 Å². The Balaban J connectivity index is 0.994. The van der Waals surface area contributed by atoms with Crippen molar-refractivity contribution >= 4 is 22.5 Å². The Morgan fingerprint density at radius 1 is 0.383 bits per heavy atom. The standard InChI is InChI=1S/C56H37N3S/c1-3-12-42(13-4-1)51-36-52(59-55(58-51)44-14-5-2-6-15-44)43-24-22-38(23-25-43)39-26-30-45(31-27-39)56(49-18-7-9-20-53(49)60-54-21-10-8-19-50(54)56)46-32-28-41(29-33-46)47-17-11-16-40-34-35-57-37-48(40)47/h1-37H. The minimum Gasteiger partial charge on any atom is -0.264 e. The number of aromatic nitrogens is 3. The van der Waals surface area contributed by atoms with E-state index < -0.39 is 5.41 Å². The molecule has 0 N–H and O–H groups in total. The predicted octanol–water partition coefficient (Wildman–Crippen LogP) is 14.2. The lowest BCUT2D eigenvalue weighted by atomic mass is 9.64. The highest BCUT2D eigenvalue weighted by Gasteiger charge is 2.44. The Morgan fingerprint density at radius 2 is 0.883 bits per heavy atom. The third kappa shape index (κ3) is 6.21. The summed E-state index contributed by atoms with van der Waals surface area (Å²) in [4.78, 5) is 17.0. The average Bonchev–Trinajstić information content (AvgIpc) is 3.34. The number of hydrogen-bond acceptors (Lipinski definition) is 4. The molecule has 0 fully saturated rings. The van der Waals surface area contributed by atoms with Crippen LogP contribution in [-0.2, 0) is 5.41 Å². The largest absolute Gasteiger partial charge is 0.264 e. The van der Waals surface area contributed by atoms with Crippen LogP contribution in [0, 0.1) is 0 Å². The van der Waals surface area contributed by atoms with Crippen LogP contribution in [0.1, 0.15) is 22.3 Å². The molecule has 0 amide bonds. The second-order valence-corrected chi connectivity index (χ2v) is 16.3. The first-order chi connectivity index (χ1) is 29.7. The first kappa shape index (κ1) is 35.7. The van der Waals surface area contributed by atoms with Crippen LogP contribution in [0.25, 0.3) is 66.9 Å². The summed E-state index contributed by atoms with van der Waals surface area (Å²) in [5.74, 6) is 0.713. The van der Waals surface area contributed by atoms with Crippen LogP contribution in [0.2, 0.25) is 0 Å². The van der Waals surface area contributed by atoms with Gasteiger partial charge in [0.25, 0.3) is 0 Å². The minimum atomic E-state index is -0.528. The maximum atomic E-state index is 5.06. The average molecular weight is 784 g/mol. The SMILES string of the molecule is c1ccc(-c2cc(-c3ccc(-c4ccc(C5(c6ccc(-c7cccc8ccncc78)cc6)c6ccccc6Sc6ccccc65)cc4)cc3)nc(-c3ccccc3)n2)cc1. The zero-order chi connectivity index (χ0) is 39.9. The molecule has 8 aromatic carbocycles. The molecular weight excluding hydrogens is 747 g/mol. The third-order valence-electron chi connectivity index (χ3n) is 11.8. The summed E-state index contributed by atoms with van der Waals surface area (Å²) < 4.78 is 0. The Kier molecular flexibility index (Phi) is 8.98. The van der Waals surface area contributed by atoms with E-state index in [1.165, 1.54) is 48.6 Å². The molecule has 0 saturated heterocycles. The molecule has 11 rings (SSSR count). The van der Waals surface area contributed by atoms with Crippen molar-refractivity contribution in [3.05, 3.63) is 247 Å². The lowest BCUT2D eigenvalue weighted by Gasteiger charge is -2.42. The van der Waals surface area contributed by atoms with Crippen molar-refractivity contribution in [2.75, 3.05) is 0 Å². The van der Waals surface area contributed by atoms with E-state index in [2.05, 4.69) is 181 Å². The molecule has 1 aliphatic heterocycles. The molecule has 0 aliphatic carbocycles. The quantitative estimate of drug-likeness (QED) is 0.161. The highest BCUT2D eigenvalue weighted by Crippen LogP contribution is 2.56. The van der Waals surface area contributed by atoms with Crippen LogP contribution in [0.15, 0.2) is 235 Å². The second kappa shape index (κ2) is 15.1. The van der Waals surface area contributed by atoms with Crippen molar-refractivity contribution in [3.63, 3.8) is 0 Å². The molecule has 0 saturated carbocycles. The van der Waals surface area contributed by atoms with Gasteiger partial charge in [-0.3, -0.25) is 4.98 Å². The Labute approximate surface area is 354 Å². The minimum absolute atomic E-state index is 0.528. The molecule has 2 aromatic heterocycles. The lowest BCUT2D eigenvalue weighted by Crippen LogP contribution is -2.34. The summed E-state index contributed by atoms with van der Waals surface area (Å²) in [6, 6.07) is 76.2. The summed E-state index contributed by atoms with van der Waals surface area (Å²) in [7, 11) is 0. The van der Waals surface area contributed by atoms with E-state index >= 15 is 0 Å². The fraction of sp³-hybridized carbons (Fsp3) is 0.0179. The van der Waals surface area contributed by atoms with Crippen LogP contribution in [0.5, 0.6) is 0 Å². The number of hydrogen-bond donors (Lipinski definition) is 0. The molecule has 0 radical (unpaired) electrons. The van der Waals surface area contributed by atoms with Crippen molar-refractivity contribution in [1.29, 1.82) is 0 Å². The molecule has 10 aromatic rings. The van der Waals surface area contributed by atoms with Crippen LogP contribution in [0.4, 0.5) is 0 Å².